The van der Waals surface area contributed by atoms with Crippen LogP contribution in [0.15, 0.2) is 0 Å². The molecular weight excluding hydrogens is 252 g/mol. The number of ether oxygens (including phenoxy) is 1. The van der Waals surface area contributed by atoms with E-state index in [2.05, 4.69) is 10.2 Å². The first-order chi connectivity index (χ1) is 9.44. The summed E-state index contributed by atoms with van der Waals surface area (Å²) in [6.45, 7) is 10.7. The van der Waals surface area contributed by atoms with Gasteiger partial charge in [0.2, 0.25) is 0 Å². The molecule has 1 atom stereocenters. The van der Waals surface area contributed by atoms with Crippen LogP contribution in [-0.4, -0.2) is 54.1 Å². The van der Waals surface area contributed by atoms with Crippen molar-refractivity contribution >= 4 is 0 Å². The fourth-order valence-electron chi connectivity index (χ4n) is 3.47. The van der Waals surface area contributed by atoms with Gasteiger partial charge in [0.1, 0.15) is 0 Å². The van der Waals surface area contributed by atoms with Crippen LogP contribution < -0.4 is 5.32 Å². The van der Waals surface area contributed by atoms with Gasteiger partial charge in [-0.2, -0.15) is 0 Å². The largest absolute Gasteiger partial charge is 0.368 e. The average Bonchev–Trinajstić information content (AvgIpc) is 2.38. The predicted octanol–water partition coefficient (Wildman–Crippen LogP) is 1.97. The monoisotopic (exact) mass is 284 g/mol. The third-order valence-corrected chi connectivity index (χ3v) is 4.50. The van der Waals surface area contributed by atoms with Gasteiger partial charge in [-0.1, -0.05) is 0 Å². The molecule has 0 spiro atoms. The van der Waals surface area contributed by atoms with E-state index < -0.39 is 6.29 Å². The molecule has 0 amide bonds. The molecule has 2 N–H and O–H groups in total. The van der Waals surface area contributed by atoms with Gasteiger partial charge in [0.05, 0.1) is 5.60 Å². The van der Waals surface area contributed by atoms with Crippen molar-refractivity contribution in [3.63, 3.8) is 0 Å². The molecular formula is C16H32N2O2. The molecule has 2 aliphatic heterocycles. The zero-order valence-electron chi connectivity index (χ0n) is 13.4. The summed E-state index contributed by atoms with van der Waals surface area (Å²) in [5.41, 5.74) is -0.255. The van der Waals surface area contributed by atoms with Crippen LogP contribution in [0.5, 0.6) is 0 Å². The van der Waals surface area contributed by atoms with E-state index in [1.165, 1.54) is 51.9 Å². The molecule has 2 saturated heterocycles. The second kappa shape index (κ2) is 7.21. The lowest BCUT2D eigenvalue weighted by Crippen LogP contribution is -2.46. The smallest absolute Gasteiger partial charge is 0.155 e. The van der Waals surface area contributed by atoms with Crippen molar-refractivity contribution in [1.29, 1.82) is 0 Å². The topological polar surface area (TPSA) is 44.7 Å². The number of piperidine rings is 2. The first kappa shape index (κ1) is 16.2. The van der Waals surface area contributed by atoms with Crippen molar-refractivity contribution in [3.05, 3.63) is 0 Å². The Bertz CT molecular complexity index is 277. The van der Waals surface area contributed by atoms with Crippen LogP contribution in [0.1, 0.15) is 52.9 Å². The maximum absolute atomic E-state index is 10.0. The van der Waals surface area contributed by atoms with E-state index in [1.54, 1.807) is 0 Å². The molecule has 0 aromatic carbocycles. The van der Waals surface area contributed by atoms with E-state index in [1.807, 2.05) is 20.8 Å². The maximum atomic E-state index is 10.0. The van der Waals surface area contributed by atoms with Gasteiger partial charge in [0, 0.05) is 12.5 Å². The number of aliphatic hydroxyl groups excluding tert-OH is 1. The molecule has 20 heavy (non-hydrogen) atoms. The molecule has 0 aliphatic carbocycles. The number of likely N-dealkylation sites (tertiary alicyclic amines) is 1. The summed E-state index contributed by atoms with van der Waals surface area (Å²) >= 11 is 0. The van der Waals surface area contributed by atoms with E-state index in [-0.39, 0.29) is 5.60 Å². The number of hydrogen-bond donors (Lipinski definition) is 2. The third kappa shape index (κ3) is 5.32. The Morgan fingerprint density at radius 3 is 2.30 bits per heavy atom. The van der Waals surface area contributed by atoms with Crippen molar-refractivity contribution in [2.75, 3.05) is 26.2 Å². The molecule has 2 fully saturated rings. The highest BCUT2D eigenvalue weighted by atomic mass is 16.6. The molecule has 0 aromatic rings. The normalized spacial score (nSPS) is 25.8. The van der Waals surface area contributed by atoms with E-state index in [9.17, 15) is 5.11 Å². The van der Waals surface area contributed by atoms with Crippen LogP contribution in [0.4, 0.5) is 0 Å². The lowest BCUT2D eigenvalue weighted by Gasteiger charge is -2.40. The van der Waals surface area contributed by atoms with Gasteiger partial charge >= 0.3 is 0 Å². The number of nitrogens with zero attached hydrogens (tertiary/aromatic N) is 1. The summed E-state index contributed by atoms with van der Waals surface area (Å²) in [5, 5.41) is 13.4. The molecule has 0 saturated carbocycles. The second-order valence-electron chi connectivity index (χ2n) is 7.38. The number of aliphatic hydroxyl groups is 1. The minimum absolute atomic E-state index is 0.255. The van der Waals surface area contributed by atoms with Gasteiger partial charge in [0.25, 0.3) is 0 Å². The summed E-state index contributed by atoms with van der Waals surface area (Å²) in [5.74, 6) is 0.616. The zero-order valence-corrected chi connectivity index (χ0v) is 13.4. The highest BCUT2D eigenvalue weighted by Crippen LogP contribution is 2.26. The first-order valence-electron chi connectivity index (χ1n) is 8.25. The van der Waals surface area contributed by atoms with Crippen LogP contribution in [-0.2, 0) is 4.74 Å². The molecule has 2 rings (SSSR count). The van der Waals surface area contributed by atoms with Gasteiger partial charge < -0.3 is 20.1 Å². The Morgan fingerprint density at radius 1 is 1.15 bits per heavy atom. The lowest BCUT2D eigenvalue weighted by atomic mass is 9.91. The Hall–Kier alpha value is -0.160. The molecule has 0 aromatic heterocycles. The SMILES string of the molecule is CC(C)(C)OC(O)CC1CCN(C2CCNCC2)CC1. The quantitative estimate of drug-likeness (QED) is 0.775. The van der Waals surface area contributed by atoms with E-state index in [0.717, 1.165) is 12.5 Å². The molecule has 2 aliphatic rings. The fourth-order valence-corrected chi connectivity index (χ4v) is 3.47. The van der Waals surface area contributed by atoms with Crippen molar-refractivity contribution in [1.82, 2.24) is 10.2 Å². The maximum Gasteiger partial charge on any atom is 0.155 e. The summed E-state index contributed by atoms with van der Waals surface area (Å²) in [6, 6.07) is 0.785. The van der Waals surface area contributed by atoms with E-state index in [4.69, 9.17) is 4.74 Å². The van der Waals surface area contributed by atoms with Crippen molar-refractivity contribution < 1.29 is 9.84 Å². The lowest BCUT2D eigenvalue weighted by molar-refractivity contribution is -0.175. The average molecular weight is 284 g/mol. The van der Waals surface area contributed by atoms with Crippen LogP contribution in [0.3, 0.4) is 0 Å². The van der Waals surface area contributed by atoms with Crippen LogP contribution in [0.2, 0.25) is 0 Å². The van der Waals surface area contributed by atoms with Crippen molar-refractivity contribution in [2.45, 2.75) is 70.8 Å². The van der Waals surface area contributed by atoms with Gasteiger partial charge in [-0.05, 0) is 78.6 Å². The van der Waals surface area contributed by atoms with Gasteiger partial charge in [-0.3, -0.25) is 0 Å². The Labute approximate surface area is 123 Å². The third-order valence-electron chi connectivity index (χ3n) is 4.50. The minimum atomic E-state index is -0.606. The Kier molecular flexibility index (Phi) is 5.84. The molecule has 4 nitrogen and oxygen atoms in total. The van der Waals surface area contributed by atoms with Gasteiger partial charge in [-0.15, -0.1) is 0 Å². The van der Waals surface area contributed by atoms with Crippen molar-refractivity contribution in [3.8, 4) is 0 Å². The minimum Gasteiger partial charge on any atom is -0.368 e. The standard InChI is InChI=1S/C16H32N2O2/c1-16(2,3)20-15(19)12-13-6-10-18(11-7-13)14-4-8-17-9-5-14/h13-15,17,19H,4-12H2,1-3H3. The van der Waals surface area contributed by atoms with Gasteiger partial charge in [0.15, 0.2) is 6.29 Å². The van der Waals surface area contributed by atoms with Crippen LogP contribution >= 0.6 is 0 Å². The molecule has 0 bridgehead atoms. The zero-order chi connectivity index (χ0) is 14.6. The molecule has 4 heteroatoms. The Morgan fingerprint density at radius 2 is 1.75 bits per heavy atom. The highest BCUT2D eigenvalue weighted by molar-refractivity contribution is 4.82. The second-order valence-corrected chi connectivity index (χ2v) is 7.38. The van der Waals surface area contributed by atoms with Gasteiger partial charge in [-0.25, -0.2) is 0 Å². The van der Waals surface area contributed by atoms with Crippen LogP contribution in [0, 0.1) is 5.92 Å². The Balaban J connectivity index is 1.68. The van der Waals surface area contributed by atoms with E-state index in [0.29, 0.717) is 5.92 Å². The predicted molar refractivity (Wildman–Crippen MR) is 81.7 cm³/mol. The number of nitrogens with one attached hydrogen (secondary N) is 1. The molecule has 118 valence electrons. The molecule has 2 heterocycles. The summed E-state index contributed by atoms with van der Waals surface area (Å²) in [4.78, 5) is 2.66. The summed E-state index contributed by atoms with van der Waals surface area (Å²) in [7, 11) is 0. The van der Waals surface area contributed by atoms with E-state index >= 15 is 0 Å². The molecule has 1 unspecified atom stereocenters. The number of rotatable bonds is 4. The molecule has 0 radical (unpaired) electrons. The summed E-state index contributed by atoms with van der Waals surface area (Å²) in [6.07, 6.45) is 5.17. The number of hydrogen-bond acceptors (Lipinski definition) is 4. The summed E-state index contributed by atoms with van der Waals surface area (Å²) < 4.78 is 5.62. The first-order valence-corrected chi connectivity index (χ1v) is 8.25. The van der Waals surface area contributed by atoms with Crippen molar-refractivity contribution in [2.24, 2.45) is 5.92 Å². The highest BCUT2D eigenvalue weighted by Gasteiger charge is 2.28. The fraction of sp³-hybridized carbons (Fsp3) is 1.00. The van der Waals surface area contributed by atoms with Crippen LogP contribution in [0.25, 0.3) is 0 Å².